The molecule has 1 aromatic carbocycles. The lowest BCUT2D eigenvalue weighted by atomic mass is 10.1. The average molecular weight is 211 g/mol. The standard InChI is InChI=1S/C11H17NOS/c1-2-14-8-10(12)7-9-3-5-11(13)6-4-9/h3-6,10,13H,2,7-8,12H2,1H3. The molecule has 3 N–H and O–H groups in total. The molecule has 1 aromatic rings. The van der Waals surface area contributed by atoms with Gasteiger partial charge in [-0.25, -0.2) is 0 Å². The summed E-state index contributed by atoms with van der Waals surface area (Å²) >= 11 is 1.86. The van der Waals surface area contributed by atoms with E-state index in [0.717, 1.165) is 17.9 Å². The Morgan fingerprint density at radius 2 is 2.00 bits per heavy atom. The summed E-state index contributed by atoms with van der Waals surface area (Å²) < 4.78 is 0. The zero-order chi connectivity index (χ0) is 10.4. The third-order valence-corrected chi connectivity index (χ3v) is 3.04. The molecular formula is C11H17NOS. The molecule has 1 unspecified atom stereocenters. The summed E-state index contributed by atoms with van der Waals surface area (Å²) in [6.07, 6.45) is 0.882. The number of phenolic OH excluding ortho intramolecular Hbond substituents is 1. The first kappa shape index (κ1) is 11.4. The van der Waals surface area contributed by atoms with Crippen molar-refractivity contribution in [1.29, 1.82) is 0 Å². The number of benzene rings is 1. The van der Waals surface area contributed by atoms with E-state index in [1.165, 1.54) is 5.56 Å². The Morgan fingerprint density at radius 1 is 1.36 bits per heavy atom. The van der Waals surface area contributed by atoms with Gasteiger partial charge >= 0.3 is 0 Å². The highest BCUT2D eigenvalue weighted by atomic mass is 32.2. The van der Waals surface area contributed by atoms with Crippen molar-refractivity contribution in [2.45, 2.75) is 19.4 Å². The Kier molecular flexibility index (Phi) is 4.84. The maximum atomic E-state index is 9.10. The number of hydrogen-bond donors (Lipinski definition) is 2. The van der Waals surface area contributed by atoms with E-state index in [4.69, 9.17) is 10.8 Å². The molecule has 1 rings (SSSR count). The highest BCUT2D eigenvalue weighted by Gasteiger charge is 2.03. The van der Waals surface area contributed by atoms with Crippen LogP contribution in [0.5, 0.6) is 5.75 Å². The third kappa shape index (κ3) is 4.03. The normalized spacial score (nSPS) is 12.7. The van der Waals surface area contributed by atoms with E-state index in [0.29, 0.717) is 5.75 Å². The monoisotopic (exact) mass is 211 g/mol. The smallest absolute Gasteiger partial charge is 0.115 e. The molecule has 0 heterocycles. The van der Waals surface area contributed by atoms with Gasteiger partial charge in [0.2, 0.25) is 0 Å². The summed E-state index contributed by atoms with van der Waals surface area (Å²) in [5, 5.41) is 9.10. The second kappa shape index (κ2) is 5.94. The quantitative estimate of drug-likeness (QED) is 0.783. The molecule has 0 aliphatic rings. The van der Waals surface area contributed by atoms with E-state index < -0.39 is 0 Å². The van der Waals surface area contributed by atoms with Crippen LogP contribution in [0.3, 0.4) is 0 Å². The molecule has 0 bridgehead atoms. The van der Waals surface area contributed by atoms with Gasteiger partial charge in [-0.1, -0.05) is 19.1 Å². The molecule has 0 amide bonds. The van der Waals surface area contributed by atoms with Gasteiger partial charge in [0.05, 0.1) is 0 Å². The molecular weight excluding hydrogens is 194 g/mol. The Bertz CT molecular complexity index is 260. The second-order valence-electron chi connectivity index (χ2n) is 3.29. The number of hydrogen-bond acceptors (Lipinski definition) is 3. The highest BCUT2D eigenvalue weighted by Crippen LogP contribution is 2.12. The van der Waals surface area contributed by atoms with Crippen molar-refractivity contribution in [3.63, 3.8) is 0 Å². The minimum atomic E-state index is 0.212. The molecule has 0 aromatic heterocycles. The fourth-order valence-corrected chi connectivity index (χ4v) is 1.92. The molecule has 0 aliphatic heterocycles. The summed E-state index contributed by atoms with van der Waals surface area (Å²) in [4.78, 5) is 0. The molecule has 0 saturated carbocycles. The predicted octanol–water partition coefficient (Wildman–Crippen LogP) is 2.02. The van der Waals surface area contributed by atoms with E-state index in [1.54, 1.807) is 12.1 Å². The van der Waals surface area contributed by atoms with Crippen LogP contribution in [-0.4, -0.2) is 22.7 Å². The van der Waals surface area contributed by atoms with Crippen LogP contribution < -0.4 is 5.73 Å². The van der Waals surface area contributed by atoms with Crippen molar-refractivity contribution in [2.24, 2.45) is 5.73 Å². The molecule has 2 nitrogen and oxygen atoms in total. The molecule has 0 spiro atoms. The van der Waals surface area contributed by atoms with Gasteiger partial charge in [-0.15, -0.1) is 0 Å². The van der Waals surface area contributed by atoms with Crippen LogP contribution in [0, 0.1) is 0 Å². The van der Waals surface area contributed by atoms with E-state index >= 15 is 0 Å². The molecule has 0 saturated heterocycles. The topological polar surface area (TPSA) is 46.2 Å². The lowest BCUT2D eigenvalue weighted by Gasteiger charge is -2.10. The summed E-state index contributed by atoms with van der Waals surface area (Å²) in [7, 11) is 0. The fraction of sp³-hybridized carbons (Fsp3) is 0.455. The first-order valence-corrected chi connectivity index (χ1v) is 5.99. The molecule has 0 radical (unpaired) electrons. The van der Waals surface area contributed by atoms with Crippen molar-refractivity contribution in [3.05, 3.63) is 29.8 Å². The predicted molar refractivity (Wildman–Crippen MR) is 62.8 cm³/mol. The van der Waals surface area contributed by atoms with Gasteiger partial charge < -0.3 is 10.8 Å². The number of aromatic hydroxyl groups is 1. The lowest BCUT2D eigenvalue weighted by Crippen LogP contribution is -2.25. The van der Waals surface area contributed by atoms with Crippen LogP contribution in [0.25, 0.3) is 0 Å². The maximum Gasteiger partial charge on any atom is 0.115 e. The van der Waals surface area contributed by atoms with Crippen LogP contribution in [0.1, 0.15) is 12.5 Å². The number of nitrogens with two attached hydrogens (primary N) is 1. The van der Waals surface area contributed by atoms with Gasteiger partial charge in [-0.3, -0.25) is 0 Å². The first-order valence-electron chi connectivity index (χ1n) is 4.83. The summed E-state index contributed by atoms with van der Waals surface area (Å²) in [6.45, 7) is 2.14. The van der Waals surface area contributed by atoms with Crippen LogP contribution in [-0.2, 0) is 6.42 Å². The van der Waals surface area contributed by atoms with Gasteiger partial charge in [0.1, 0.15) is 5.75 Å². The maximum absolute atomic E-state index is 9.10. The first-order chi connectivity index (χ1) is 6.72. The minimum Gasteiger partial charge on any atom is -0.508 e. The van der Waals surface area contributed by atoms with Gasteiger partial charge in [0.25, 0.3) is 0 Å². The number of phenols is 1. The second-order valence-corrected chi connectivity index (χ2v) is 4.61. The summed E-state index contributed by atoms with van der Waals surface area (Å²) in [6, 6.07) is 7.46. The van der Waals surface area contributed by atoms with Crippen LogP contribution in [0.15, 0.2) is 24.3 Å². The van der Waals surface area contributed by atoms with Crippen molar-refractivity contribution >= 4 is 11.8 Å². The molecule has 1 atom stereocenters. The SMILES string of the molecule is CCSCC(N)Cc1ccc(O)cc1. The molecule has 3 heteroatoms. The van der Waals surface area contributed by atoms with Crippen LogP contribution >= 0.6 is 11.8 Å². The van der Waals surface area contributed by atoms with Crippen molar-refractivity contribution < 1.29 is 5.11 Å². The Labute approximate surface area is 89.5 Å². The Morgan fingerprint density at radius 3 is 2.57 bits per heavy atom. The third-order valence-electron chi connectivity index (χ3n) is 1.97. The number of rotatable bonds is 5. The summed E-state index contributed by atoms with van der Waals surface area (Å²) in [5.41, 5.74) is 7.13. The lowest BCUT2D eigenvalue weighted by molar-refractivity contribution is 0.475. The van der Waals surface area contributed by atoms with Crippen molar-refractivity contribution in [2.75, 3.05) is 11.5 Å². The molecule has 0 aliphatic carbocycles. The Hall–Kier alpha value is -0.670. The van der Waals surface area contributed by atoms with Gasteiger partial charge in [-0.05, 0) is 29.9 Å². The minimum absolute atomic E-state index is 0.212. The summed E-state index contributed by atoms with van der Waals surface area (Å²) in [5.74, 6) is 2.42. The van der Waals surface area contributed by atoms with Crippen molar-refractivity contribution in [1.82, 2.24) is 0 Å². The van der Waals surface area contributed by atoms with E-state index in [9.17, 15) is 0 Å². The van der Waals surface area contributed by atoms with Gasteiger partial charge in [0, 0.05) is 11.8 Å². The number of thioether (sulfide) groups is 1. The van der Waals surface area contributed by atoms with Crippen LogP contribution in [0.2, 0.25) is 0 Å². The van der Waals surface area contributed by atoms with Crippen molar-refractivity contribution in [3.8, 4) is 5.75 Å². The average Bonchev–Trinajstić information content (AvgIpc) is 2.18. The fourth-order valence-electron chi connectivity index (χ4n) is 1.26. The molecule has 14 heavy (non-hydrogen) atoms. The van der Waals surface area contributed by atoms with E-state index in [1.807, 2.05) is 23.9 Å². The van der Waals surface area contributed by atoms with Gasteiger partial charge in [0.15, 0.2) is 0 Å². The Balaban J connectivity index is 2.39. The highest BCUT2D eigenvalue weighted by molar-refractivity contribution is 7.99. The zero-order valence-electron chi connectivity index (χ0n) is 8.44. The van der Waals surface area contributed by atoms with E-state index in [2.05, 4.69) is 6.92 Å². The van der Waals surface area contributed by atoms with Gasteiger partial charge in [-0.2, -0.15) is 11.8 Å². The largest absolute Gasteiger partial charge is 0.508 e. The molecule has 78 valence electrons. The van der Waals surface area contributed by atoms with E-state index in [-0.39, 0.29) is 6.04 Å². The zero-order valence-corrected chi connectivity index (χ0v) is 9.26. The van der Waals surface area contributed by atoms with Crippen LogP contribution in [0.4, 0.5) is 0 Å². The molecule has 0 fully saturated rings.